The molecule has 0 atom stereocenters. The fraction of sp³-hybridized carbons (Fsp3) is 0.750. The lowest BCUT2D eigenvalue weighted by Crippen LogP contribution is -2.56. The van der Waals surface area contributed by atoms with Gasteiger partial charge in [-0.2, -0.15) is 4.36 Å². The molecule has 2 aliphatic rings. The van der Waals surface area contributed by atoms with Gasteiger partial charge in [-0.1, -0.05) is 12.1 Å². The molecule has 150 valence electrons. The molecule has 3 heterocycles. The first-order chi connectivity index (χ1) is 12.9. The van der Waals surface area contributed by atoms with Gasteiger partial charge in [0.05, 0.1) is 47.8 Å². The van der Waals surface area contributed by atoms with Gasteiger partial charge >= 0.3 is 0 Å². The minimum absolute atomic E-state index is 0.0808. The quantitative estimate of drug-likeness (QED) is 0.735. The number of hydrogen-bond acceptors (Lipinski definition) is 7. The molecular formula is C16H25N5O5S. The van der Waals surface area contributed by atoms with E-state index in [-0.39, 0.29) is 37.1 Å². The molecule has 2 amide bonds. The van der Waals surface area contributed by atoms with Gasteiger partial charge in [-0.25, -0.2) is 8.89 Å². The summed E-state index contributed by atoms with van der Waals surface area (Å²) >= 11 is 0. The van der Waals surface area contributed by atoms with Crippen LogP contribution in [0.5, 0.6) is 0 Å². The Kier molecular flexibility index (Phi) is 5.92. The topological polar surface area (TPSA) is 127 Å². The maximum absolute atomic E-state index is 12.7. The van der Waals surface area contributed by atoms with Gasteiger partial charge in [0.25, 0.3) is 11.8 Å². The number of aliphatic hydroxyl groups excluding tert-OH is 1. The normalized spacial score (nSPS) is 28.3. The van der Waals surface area contributed by atoms with Gasteiger partial charge < -0.3 is 14.7 Å². The average Bonchev–Trinajstić information content (AvgIpc) is 3.13. The Labute approximate surface area is 158 Å². The lowest BCUT2D eigenvalue weighted by atomic mass is 9.94. The number of carbonyl (C=O) groups is 2. The molecule has 1 aromatic rings. The molecule has 1 spiro atoms. The highest BCUT2D eigenvalue weighted by atomic mass is 32.2. The summed E-state index contributed by atoms with van der Waals surface area (Å²) in [7, 11) is -2.53. The molecule has 11 heteroatoms. The number of ether oxygens (including phenoxy) is 1. The van der Waals surface area contributed by atoms with Crippen LogP contribution in [0.1, 0.15) is 36.7 Å². The van der Waals surface area contributed by atoms with Gasteiger partial charge in [-0.05, 0) is 12.8 Å². The van der Waals surface area contributed by atoms with Gasteiger partial charge in [0.2, 0.25) is 0 Å². The largest absolute Gasteiger partial charge is 0.394 e. The number of rotatable bonds is 4. The second-order valence-electron chi connectivity index (χ2n) is 6.87. The predicted molar refractivity (Wildman–Crippen MR) is 96.5 cm³/mol. The standard InChI is InChI=1S/C16H25N5O5S/c1-2-14(23)18-27(25)9-3-16(4-10-27)12-20(6-8-26-16)15(24)13-11-21(5-7-22)19-17-13/h11,22H,2-10,12H2,1H3. The van der Waals surface area contributed by atoms with Gasteiger partial charge in [-0.3, -0.25) is 9.59 Å². The van der Waals surface area contributed by atoms with Crippen molar-refractivity contribution in [2.75, 3.05) is 37.8 Å². The number of amides is 2. The molecule has 0 radical (unpaired) electrons. The summed E-state index contributed by atoms with van der Waals surface area (Å²) in [5.74, 6) is 0.0308. The van der Waals surface area contributed by atoms with Crippen molar-refractivity contribution in [3.63, 3.8) is 0 Å². The zero-order valence-electron chi connectivity index (χ0n) is 15.4. The first-order valence-electron chi connectivity index (χ1n) is 9.08. The monoisotopic (exact) mass is 399 g/mol. The molecule has 10 nitrogen and oxygen atoms in total. The second kappa shape index (κ2) is 8.03. The van der Waals surface area contributed by atoms with Gasteiger partial charge in [-0.15, -0.1) is 5.10 Å². The van der Waals surface area contributed by atoms with E-state index in [9.17, 15) is 13.8 Å². The van der Waals surface area contributed by atoms with Crippen LogP contribution in [0.15, 0.2) is 10.6 Å². The van der Waals surface area contributed by atoms with Crippen molar-refractivity contribution in [2.24, 2.45) is 4.36 Å². The molecule has 2 aliphatic heterocycles. The van der Waals surface area contributed by atoms with E-state index >= 15 is 0 Å². The van der Waals surface area contributed by atoms with Crippen LogP contribution in [0.4, 0.5) is 0 Å². The first-order valence-corrected chi connectivity index (χ1v) is 10.9. The smallest absolute Gasteiger partial charge is 0.276 e. The Bertz CT molecular complexity index is 815. The summed E-state index contributed by atoms with van der Waals surface area (Å²) in [4.78, 5) is 25.9. The van der Waals surface area contributed by atoms with Gasteiger partial charge in [0.15, 0.2) is 5.69 Å². The number of carbonyl (C=O) groups excluding carboxylic acids is 2. The van der Waals surface area contributed by atoms with E-state index in [4.69, 9.17) is 9.84 Å². The molecule has 3 rings (SSSR count). The van der Waals surface area contributed by atoms with Crippen molar-refractivity contribution in [3.8, 4) is 0 Å². The Balaban J connectivity index is 1.67. The minimum atomic E-state index is -2.53. The Hall–Kier alpha value is -1.85. The fourth-order valence-electron chi connectivity index (χ4n) is 3.35. The third-order valence-electron chi connectivity index (χ3n) is 4.95. The highest BCUT2D eigenvalue weighted by Crippen LogP contribution is 2.32. The molecule has 0 saturated carbocycles. The van der Waals surface area contributed by atoms with Crippen molar-refractivity contribution < 1.29 is 23.6 Å². The minimum Gasteiger partial charge on any atom is -0.394 e. The van der Waals surface area contributed by atoms with Crippen molar-refractivity contribution in [1.82, 2.24) is 19.9 Å². The second-order valence-corrected chi connectivity index (χ2v) is 9.41. The summed E-state index contributed by atoms with van der Waals surface area (Å²) in [5.41, 5.74) is -0.329. The van der Waals surface area contributed by atoms with E-state index < -0.39 is 15.3 Å². The van der Waals surface area contributed by atoms with Crippen molar-refractivity contribution in [1.29, 1.82) is 0 Å². The Morgan fingerprint density at radius 1 is 1.41 bits per heavy atom. The number of hydrogen-bond donors (Lipinski definition) is 1. The molecule has 0 unspecified atom stereocenters. The molecule has 1 aromatic heterocycles. The molecule has 1 N–H and O–H groups in total. The van der Waals surface area contributed by atoms with Crippen LogP contribution in [-0.2, 0) is 25.8 Å². The van der Waals surface area contributed by atoms with Crippen molar-refractivity contribution in [3.05, 3.63) is 11.9 Å². The third-order valence-corrected chi connectivity index (χ3v) is 7.17. The SMILES string of the molecule is CCC(=O)N=S1(=O)CCC2(CC1)CN(C(=O)c1cn(CCO)nn1)CCO2. The maximum atomic E-state index is 12.7. The maximum Gasteiger partial charge on any atom is 0.276 e. The van der Waals surface area contributed by atoms with E-state index in [2.05, 4.69) is 14.7 Å². The van der Waals surface area contributed by atoms with Crippen LogP contribution in [0.2, 0.25) is 0 Å². The zero-order valence-corrected chi connectivity index (χ0v) is 16.2. The first kappa shape index (κ1) is 19.9. The molecule has 0 bridgehead atoms. The summed E-state index contributed by atoms with van der Waals surface area (Å²) in [6.07, 6.45) is 2.75. The van der Waals surface area contributed by atoms with Crippen LogP contribution in [-0.4, -0.2) is 84.4 Å². The third kappa shape index (κ3) is 4.53. The van der Waals surface area contributed by atoms with Crippen LogP contribution >= 0.6 is 0 Å². The molecule has 2 saturated heterocycles. The predicted octanol–water partition coefficient (Wildman–Crippen LogP) is -0.320. The molecule has 2 fully saturated rings. The van der Waals surface area contributed by atoms with E-state index in [1.165, 1.54) is 10.9 Å². The summed E-state index contributed by atoms with van der Waals surface area (Å²) in [6.45, 7) is 3.12. The lowest BCUT2D eigenvalue weighted by Gasteiger charge is -2.45. The van der Waals surface area contributed by atoms with Crippen molar-refractivity contribution >= 4 is 21.5 Å². The zero-order chi connectivity index (χ0) is 19.5. The van der Waals surface area contributed by atoms with E-state index in [1.54, 1.807) is 11.8 Å². The van der Waals surface area contributed by atoms with Crippen LogP contribution in [0.3, 0.4) is 0 Å². The number of aromatic nitrogens is 3. The highest BCUT2D eigenvalue weighted by molar-refractivity contribution is 7.93. The highest BCUT2D eigenvalue weighted by Gasteiger charge is 2.43. The molecule has 0 aliphatic carbocycles. The van der Waals surface area contributed by atoms with E-state index in [1.807, 2.05) is 0 Å². The van der Waals surface area contributed by atoms with Crippen LogP contribution in [0.25, 0.3) is 0 Å². The summed E-state index contributed by atoms with van der Waals surface area (Å²) in [5, 5.41) is 16.6. The lowest BCUT2D eigenvalue weighted by molar-refractivity contribution is -0.117. The fourth-order valence-corrected chi connectivity index (χ4v) is 5.62. The molecule has 0 aromatic carbocycles. The Morgan fingerprint density at radius 3 is 2.81 bits per heavy atom. The van der Waals surface area contributed by atoms with E-state index in [0.717, 1.165) is 0 Å². The van der Waals surface area contributed by atoms with Crippen molar-refractivity contribution in [2.45, 2.75) is 38.3 Å². The molecule has 27 heavy (non-hydrogen) atoms. The summed E-state index contributed by atoms with van der Waals surface area (Å²) in [6, 6.07) is 0. The number of aliphatic hydroxyl groups is 1. The number of nitrogens with zero attached hydrogens (tertiary/aromatic N) is 5. The molecular weight excluding hydrogens is 374 g/mol. The van der Waals surface area contributed by atoms with Gasteiger partial charge in [0, 0.05) is 24.5 Å². The van der Waals surface area contributed by atoms with Crippen LogP contribution < -0.4 is 0 Å². The van der Waals surface area contributed by atoms with Gasteiger partial charge in [0.1, 0.15) is 0 Å². The average molecular weight is 399 g/mol. The van der Waals surface area contributed by atoms with E-state index in [0.29, 0.717) is 44.0 Å². The summed E-state index contributed by atoms with van der Waals surface area (Å²) < 4.78 is 24.0. The Morgan fingerprint density at radius 2 is 2.15 bits per heavy atom. The number of morpholine rings is 1. The van der Waals surface area contributed by atoms with Crippen LogP contribution in [0, 0.1) is 0 Å².